The van der Waals surface area contributed by atoms with Gasteiger partial charge >= 0.3 is 5.97 Å². The monoisotopic (exact) mass is 170 g/mol. The molecule has 0 saturated heterocycles. The van der Waals surface area contributed by atoms with E-state index in [-0.39, 0.29) is 5.97 Å². The van der Waals surface area contributed by atoms with Crippen LogP contribution in [0.15, 0.2) is 12.3 Å². The Balaban J connectivity index is 3.47. The van der Waals surface area contributed by atoms with Gasteiger partial charge in [-0.05, 0) is 12.8 Å². The first-order valence-electron chi connectivity index (χ1n) is 4.59. The summed E-state index contributed by atoms with van der Waals surface area (Å²) in [4.78, 5) is 10.9. The summed E-state index contributed by atoms with van der Waals surface area (Å²) in [5, 5.41) is 0. The van der Waals surface area contributed by atoms with Gasteiger partial charge in [-0.25, -0.2) is 0 Å². The van der Waals surface area contributed by atoms with Crippen LogP contribution in [0.3, 0.4) is 0 Å². The van der Waals surface area contributed by atoms with Gasteiger partial charge in [-0.3, -0.25) is 4.79 Å². The molecule has 0 saturated carbocycles. The van der Waals surface area contributed by atoms with Crippen molar-refractivity contribution in [2.45, 2.75) is 46.0 Å². The molecule has 2 nitrogen and oxygen atoms in total. The molecule has 0 N–H and O–H groups in total. The first-order chi connectivity index (χ1) is 5.70. The van der Waals surface area contributed by atoms with Gasteiger partial charge in [0, 0.05) is 12.8 Å². The lowest BCUT2D eigenvalue weighted by Crippen LogP contribution is -2.02. The van der Waals surface area contributed by atoms with Crippen molar-refractivity contribution in [2.75, 3.05) is 0 Å². The van der Waals surface area contributed by atoms with Crippen molar-refractivity contribution in [3.63, 3.8) is 0 Å². The molecule has 0 aliphatic heterocycles. The lowest BCUT2D eigenvalue weighted by atomic mass is 10.2. The molecule has 0 aromatic rings. The van der Waals surface area contributed by atoms with Crippen LogP contribution in [0.2, 0.25) is 0 Å². The van der Waals surface area contributed by atoms with Gasteiger partial charge in [0.15, 0.2) is 0 Å². The standard InChI is InChI=1S/C10H18O2/c1-4-6-8-9(3)12-10(11)7-5-2/h3-8H2,1-2H3. The minimum atomic E-state index is -0.154. The Morgan fingerprint density at radius 3 is 2.42 bits per heavy atom. The molecule has 0 heterocycles. The van der Waals surface area contributed by atoms with Crippen LogP contribution in [-0.4, -0.2) is 5.97 Å². The summed E-state index contributed by atoms with van der Waals surface area (Å²) in [5.41, 5.74) is 0. The van der Waals surface area contributed by atoms with E-state index in [0.29, 0.717) is 12.2 Å². The maximum absolute atomic E-state index is 10.9. The predicted molar refractivity (Wildman–Crippen MR) is 49.7 cm³/mol. The van der Waals surface area contributed by atoms with E-state index in [1.165, 1.54) is 0 Å². The minimum Gasteiger partial charge on any atom is -0.432 e. The SMILES string of the molecule is C=C(CCCC)OC(=O)CCC. The average molecular weight is 170 g/mol. The molecule has 0 aromatic carbocycles. The number of unbranched alkanes of at least 4 members (excludes halogenated alkanes) is 1. The molecule has 12 heavy (non-hydrogen) atoms. The molecule has 0 radical (unpaired) electrons. The van der Waals surface area contributed by atoms with Gasteiger partial charge in [0.1, 0.15) is 5.76 Å². The Morgan fingerprint density at radius 2 is 1.92 bits per heavy atom. The van der Waals surface area contributed by atoms with Crippen molar-refractivity contribution in [1.82, 2.24) is 0 Å². The number of hydrogen-bond acceptors (Lipinski definition) is 2. The van der Waals surface area contributed by atoms with E-state index < -0.39 is 0 Å². The third-order valence-electron chi connectivity index (χ3n) is 1.52. The summed E-state index contributed by atoms with van der Waals surface area (Å²) < 4.78 is 4.96. The van der Waals surface area contributed by atoms with Gasteiger partial charge in [-0.2, -0.15) is 0 Å². The molecule has 0 unspecified atom stereocenters. The van der Waals surface area contributed by atoms with Gasteiger partial charge in [0.05, 0.1) is 0 Å². The second-order valence-corrected chi connectivity index (χ2v) is 2.87. The molecule has 0 aliphatic rings. The fraction of sp³-hybridized carbons (Fsp3) is 0.700. The summed E-state index contributed by atoms with van der Waals surface area (Å²) in [5.74, 6) is 0.453. The van der Waals surface area contributed by atoms with Crippen molar-refractivity contribution in [3.05, 3.63) is 12.3 Å². The van der Waals surface area contributed by atoms with Crippen LogP contribution in [0.5, 0.6) is 0 Å². The van der Waals surface area contributed by atoms with Crippen LogP contribution in [0, 0.1) is 0 Å². The van der Waals surface area contributed by atoms with Crippen molar-refractivity contribution in [1.29, 1.82) is 0 Å². The topological polar surface area (TPSA) is 26.3 Å². The number of carbonyl (C=O) groups is 1. The molecule has 70 valence electrons. The molecule has 0 spiro atoms. The molecule has 2 heteroatoms. The van der Waals surface area contributed by atoms with E-state index in [1.54, 1.807) is 0 Å². The first-order valence-corrected chi connectivity index (χ1v) is 4.59. The lowest BCUT2D eigenvalue weighted by Gasteiger charge is -2.05. The second-order valence-electron chi connectivity index (χ2n) is 2.87. The quantitative estimate of drug-likeness (QED) is 0.452. The summed E-state index contributed by atoms with van der Waals surface area (Å²) in [7, 11) is 0. The zero-order valence-electron chi connectivity index (χ0n) is 8.06. The van der Waals surface area contributed by atoms with E-state index >= 15 is 0 Å². The normalized spacial score (nSPS) is 9.50. The fourth-order valence-electron chi connectivity index (χ4n) is 0.841. The Kier molecular flexibility index (Phi) is 6.44. The number of allylic oxidation sites excluding steroid dienone is 1. The lowest BCUT2D eigenvalue weighted by molar-refractivity contribution is -0.139. The van der Waals surface area contributed by atoms with E-state index in [0.717, 1.165) is 25.7 Å². The highest BCUT2D eigenvalue weighted by Crippen LogP contribution is 2.07. The molecule has 0 aromatic heterocycles. The van der Waals surface area contributed by atoms with Crippen molar-refractivity contribution >= 4 is 5.97 Å². The summed E-state index contributed by atoms with van der Waals surface area (Å²) in [6.45, 7) is 7.72. The zero-order valence-corrected chi connectivity index (χ0v) is 8.06. The third kappa shape index (κ3) is 5.96. The Hall–Kier alpha value is -0.790. The summed E-state index contributed by atoms with van der Waals surface area (Å²) in [6, 6.07) is 0. The maximum atomic E-state index is 10.9. The van der Waals surface area contributed by atoms with E-state index in [9.17, 15) is 4.79 Å². The van der Waals surface area contributed by atoms with E-state index in [4.69, 9.17) is 4.74 Å². The molecule has 0 atom stereocenters. The summed E-state index contributed by atoms with van der Waals surface area (Å²) >= 11 is 0. The van der Waals surface area contributed by atoms with Crippen molar-refractivity contribution in [3.8, 4) is 0 Å². The van der Waals surface area contributed by atoms with Crippen molar-refractivity contribution in [2.24, 2.45) is 0 Å². The van der Waals surface area contributed by atoms with E-state index in [2.05, 4.69) is 13.5 Å². The Morgan fingerprint density at radius 1 is 1.25 bits per heavy atom. The number of esters is 1. The van der Waals surface area contributed by atoms with Crippen molar-refractivity contribution < 1.29 is 9.53 Å². The van der Waals surface area contributed by atoms with Crippen LogP contribution >= 0.6 is 0 Å². The molecule has 0 bridgehead atoms. The van der Waals surface area contributed by atoms with Gasteiger partial charge < -0.3 is 4.74 Å². The highest BCUT2D eigenvalue weighted by molar-refractivity contribution is 5.70. The van der Waals surface area contributed by atoms with Gasteiger partial charge in [0.25, 0.3) is 0 Å². The third-order valence-corrected chi connectivity index (χ3v) is 1.52. The second kappa shape index (κ2) is 6.89. The minimum absolute atomic E-state index is 0.154. The number of ether oxygens (including phenoxy) is 1. The molecule has 0 amide bonds. The van der Waals surface area contributed by atoms with Crippen LogP contribution in [0.1, 0.15) is 46.0 Å². The van der Waals surface area contributed by atoms with Crippen LogP contribution in [0.4, 0.5) is 0 Å². The highest BCUT2D eigenvalue weighted by atomic mass is 16.5. The number of hydrogen-bond donors (Lipinski definition) is 0. The molecule has 0 rings (SSSR count). The molecular weight excluding hydrogens is 152 g/mol. The summed E-state index contributed by atoms with van der Waals surface area (Å²) in [6.07, 6.45) is 4.26. The van der Waals surface area contributed by atoms with Gasteiger partial charge in [0.2, 0.25) is 0 Å². The number of carbonyl (C=O) groups excluding carboxylic acids is 1. The average Bonchev–Trinajstić information content (AvgIpc) is 2.01. The number of rotatable bonds is 6. The molecular formula is C10H18O2. The zero-order chi connectivity index (χ0) is 9.40. The Labute approximate surface area is 74.6 Å². The highest BCUT2D eigenvalue weighted by Gasteiger charge is 2.02. The van der Waals surface area contributed by atoms with Gasteiger partial charge in [-0.1, -0.05) is 26.8 Å². The van der Waals surface area contributed by atoms with Crippen LogP contribution in [0.25, 0.3) is 0 Å². The smallest absolute Gasteiger partial charge is 0.310 e. The van der Waals surface area contributed by atoms with Crippen LogP contribution in [-0.2, 0) is 9.53 Å². The fourth-order valence-corrected chi connectivity index (χ4v) is 0.841. The molecule has 0 aliphatic carbocycles. The van der Waals surface area contributed by atoms with Gasteiger partial charge in [-0.15, -0.1) is 0 Å². The maximum Gasteiger partial charge on any atom is 0.310 e. The van der Waals surface area contributed by atoms with E-state index in [1.807, 2.05) is 6.92 Å². The largest absolute Gasteiger partial charge is 0.432 e. The van der Waals surface area contributed by atoms with Crippen LogP contribution < -0.4 is 0 Å². The first kappa shape index (κ1) is 11.2. The Bertz CT molecular complexity index is 150. The molecule has 0 fully saturated rings. The predicted octanol–water partition coefficient (Wildman–Crippen LogP) is 3.03.